The third kappa shape index (κ3) is 6.18. The van der Waals surface area contributed by atoms with Gasteiger partial charge in [-0.3, -0.25) is 9.59 Å². The Morgan fingerprint density at radius 3 is 2.39 bits per heavy atom. The number of carbonyl (C=O) groups excluding carboxylic acids is 2. The summed E-state index contributed by atoms with van der Waals surface area (Å²) >= 11 is 0. The number of amides is 1. The highest BCUT2D eigenvalue weighted by Crippen LogP contribution is 2.41. The first-order valence-electron chi connectivity index (χ1n) is 12.3. The van der Waals surface area contributed by atoms with E-state index in [-0.39, 0.29) is 22.8 Å². The first kappa shape index (κ1) is 27.1. The van der Waals surface area contributed by atoms with Crippen LogP contribution in [0.2, 0.25) is 0 Å². The Morgan fingerprint density at radius 2 is 1.78 bits per heavy atom. The van der Waals surface area contributed by atoms with Crippen molar-refractivity contribution in [3.05, 3.63) is 59.2 Å². The molecule has 36 heavy (non-hydrogen) atoms. The number of Topliss-reactive ketones (excluding diaryl/α,β-unsaturated/α-hetero) is 1. The number of ketones is 1. The smallest absolute Gasteiger partial charge is 0.295 e. The van der Waals surface area contributed by atoms with E-state index in [4.69, 9.17) is 9.47 Å². The highest BCUT2D eigenvalue weighted by Gasteiger charge is 2.46. The average molecular weight is 497 g/mol. The highest BCUT2D eigenvalue weighted by molar-refractivity contribution is 6.46. The molecule has 1 unspecified atom stereocenters. The molecule has 2 aromatic carbocycles. The summed E-state index contributed by atoms with van der Waals surface area (Å²) in [6.07, 6.45) is 3.80. The lowest BCUT2D eigenvalue weighted by Crippen LogP contribution is -2.32. The number of hydrogen-bond donors (Lipinski definition) is 2. The maximum atomic E-state index is 13.2. The summed E-state index contributed by atoms with van der Waals surface area (Å²) in [7, 11) is 5.31. The van der Waals surface area contributed by atoms with Gasteiger partial charge in [-0.25, -0.2) is 0 Å². The number of phenols is 1. The minimum absolute atomic E-state index is 0.00830. The van der Waals surface area contributed by atoms with Crippen molar-refractivity contribution in [3.8, 4) is 17.2 Å². The van der Waals surface area contributed by atoms with Gasteiger partial charge in [0.15, 0.2) is 11.5 Å². The fraction of sp³-hybridized carbons (Fsp3) is 0.429. The van der Waals surface area contributed by atoms with Crippen molar-refractivity contribution in [2.24, 2.45) is 0 Å². The third-order valence-corrected chi connectivity index (χ3v) is 6.21. The topological polar surface area (TPSA) is 99.5 Å². The highest BCUT2D eigenvalue weighted by atomic mass is 16.5. The van der Waals surface area contributed by atoms with Crippen LogP contribution in [0.1, 0.15) is 49.8 Å². The quantitative estimate of drug-likeness (QED) is 0.195. The van der Waals surface area contributed by atoms with Gasteiger partial charge < -0.3 is 29.5 Å². The molecule has 2 N–H and O–H groups in total. The molecular weight excluding hydrogens is 460 g/mol. The summed E-state index contributed by atoms with van der Waals surface area (Å²) in [6.45, 7) is 3.78. The zero-order valence-electron chi connectivity index (χ0n) is 21.5. The number of unbranched alkanes of at least 4 members (excludes halogenated alkanes) is 2. The molecule has 0 aliphatic carbocycles. The Bertz CT molecular complexity index is 1090. The minimum atomic E-state index is -0.839. The van der Waals surface area contributed by atoms with Crippen molar-refractivity contribution < 1.29 is 29.3 Å². The van der Waals surface area contributed by atoms with Crippen molar-refractivity contribution in [1.29, 1.82) is 0 Å². The first-order chi connectivity index (χ1) is 17.3. The molecule has 1 aliphatic rings. The number of aliphatic hydroxyl groups excluding tert-OH is 1. The maximum Gasteiger partial charge on any atom is 0.295 e. The molecule has 0 saturated carbocycles. The van der Waals surface area contributed by atoms with Crippen LogP contribution in [0.4, 0.5) is 0 Å². The summed E-state index contributed by atoms with van der Waals surface area (Å²) in [5.74, 6) is -0.856. The van der Waals surface area contributed by atoms with Crippen molar-refractivity contribution in [1.82, 2.24) is 9.80 Å². The fourth-order valence-electron chi connectivity index (χ4n) is 4.30. The molecule has 1 aliphatic heterocycles. The summed E-state index contributed by atoms with van der Waals surface area (Å²) in [5.41, 5.74) is 0.908. The summed E-state index contributed by atoms with van der Waals surface area (Å²) in [6, 6.07) is 10.7. The average Bonchev–Trinajstić information content (AvgIpc) is 3.11. The molecule has 8 heteroatoms. The van der Waals surface area contributed by atoms with Gasteiger partial charge in [-0.05, 0) is 75.4 Å². The van der Waals surface area contributed by atoms with Crippen molar-refractivity contribution in [2.45, 2.75) is 38.6 Å². The van der Waals surface area contributed by atoms with E-state index in [2.05, 4.69) is 6.92 Å². The third-order valence-electron chi connectivity index (χ3n) is 6.21. The van der Waals surface area contributed by atoms with E-state index in [0.29, 0.717) is 36.4 Å². The second-order valence-electron chi connectivity index (χ2n) is 9.16. The Balaban J connectivity index is 1.98. The number of rotatable bonds is 12. The van der Waals surface area contributed by atoms with Gasteiger partial charge in [0.2, 0.25) is 0 Å². The van der Waals surface area contributed by atoms with E-state index in [1.165, 1.54) is 18.1 Å². The van der Waals surface area contributed by atoms with Crippen molar-refractivity contribution in [3.63, 3.8) is 0 Å². The Labute approximate surface area is 212 Å². The number of aromatic hydroxyl groups is 1. The summed E-state index contributed by atoms with van der Waals surface area (Å²) in [5, 5.41) is 21.6. The Kier molecular flexibility index (Phi) is 9.36. The standard InChI is InChI=1S/C28H36N2O6/c1-5-6-7-17-36-21-12-9-19(10-13-21)26(32)24-25(20-11-14-23(35-4)22(31)18-20)30(28(34)27(24)33)16-8-15-29(2)3/h9-14,18,25,31-32H,5-8,15-17H2,1-4H3/b26-24-. The minimum Gasteiger partial charge on any atom is -0.507 e. The molecule has 0 aromatic heterocycles. The molecule has 0 spiro atoms. The number of ether oxygens (including phenoxy) is 2. The zero-order valence-corrected chi connectivity index (χ0v) is 21.5. The fourth-order valence-corrected chi connectivity index (χ4v) is 4.30. The molecule has 194 valence electrons. The normalized spacial score (nSPS) is 17.1. The van der Waals surface area contributed by atoms with Gasteiger partial charge >= 0.3 is 0 Å². The van der Waals surface area contributed by atoms with E-state index in [0.717, 1.165) is 25.8 Å². The zero-order chi connectivity index (χ0) is 26.2. The molecule has 1 amide bonds. The van der Waals surface area contributed by atoms with Crippen LogP contribution < -0.4 is 9.47 Å². The van der Waals surface area contributed by atoms with Gasteiger partial charge in [-0.1, -0.05) is 25.8 Å². The van der Waals surface area contributed by atoms with Crippen molar-refractivity contribution in [2.75, 3.05) is 40.9 Å². The molecule has 0 bridgehead atoms. The van der Waals surface area contributed by atoms with Crippen LogP contribution in [-0.4, -0.2) is 72.6 Å². The lowest BCUT2D eigenvalue weighted by molar-refractivity contribution is -0.139. The maximum absolute atomic E-state index is 13.2. The number of aliphatic hydroxyl groups is 1. The van der Waals surface area contributed by atoms with E-state index in [1.807, 2.05) is 19.0 Å². The summed E-state index contributed by atoms with van der Waals surface area (Å²) in [4.78, 5) is 29.7. The summed E-state index contributed by atoms with van der Waals surface area (Å²) < 4.78 is 10.9. The van der Waals surface area contributed by atoms with E-state index >= 15 is 0 Å². The molecule has 2 aromatic rings. The van der Waals surface area contributed by atoms with Crippen LogP contribution in [0.15, 0.2) is 48.0 Å². The van der Waals surface area contributed by atoms with Gasteiger partial charge in [-0.15, -0.1) is 0 Å². The molecule has 0 radical (unpaired) electrons. The second kappa shape index (κ2) is 12.4. The molecule has 3 rings (SSSR count). The predicted octanol–water partition coefficient (Wildman–Crippen LogP) is 4.34. The van der Waals surface area contributed by atoms with Crippen LogP contribution in [0.25, 0.3) is 5.76 Å². The van der Waals surface area contributed by atoms with Crippen LogP contribution in [-0.2, 0) is 9.59 Å². The van der Waals surface area contributed by atoms with E-state index in [9.17, 15) is 19.8 Å². The number of carbonyl (C=O) groups is 2. The van der Waals surface area contributed by atoms with Crippen molar-refractivity contribution >= 4 is 17.4 Å². The van der Waals surface area contributed by atoms with Crippen LogP contribution in [0, 0.1) is 0 Å². The lowest BCUT2D eigenvalue weighted by atomic mass is 9.95. The van der Waals surface area contributed by atoms with Gasteiger partial charge in [0, 0.05) is 12.1 Å². The van der Waals surface area contributed by atoms with Gasteiger partial charge in [0.1, 0.15) is 11.5 Å². The van der Waals surface area contributed by atoms with Gasteiger partial charge in [-0.2, -0.15) is 0 Å². The first-order valence-corrected chi connectivity index (χ1v) is 12.3. The van der Waals surface area contributed by atoms with E-state index < -0.39 is 17.7 Å². The molecule has 1 fully saturated rings. The van der Waals surface area contributed by atoms with Crippen LogP contribution in [0.3, 0.4) is 0 Å². The number of benzene rings is 2. The van der Waals surface area contributed by atoms with Gasteiger partial charge in [0.05, 0.1) is 25.3 Å². The number of methoxy groups -OCH3 is 1. The number of nitrogens with zero attached hydrogens (tertiary/aromatic N) is 2. The molecule has 1 saturated heterocycles. The number of phenolic OH excluding ortho intramolecular Hbond substituents is 1. The lowest BCUT2D eigenvalue weighted by Gasteiger charge is -2.26. The van der Waals surface area contributed by atoms with Crippen LogP contribution in [0.5, 0.6) is 17.2 Å². The Hall–Kier alpha value is -3.52. The number of hydrogen-bond acceptors (Lipinski definition) is 7. The largest absolute Gasteiger partial charge is 0.507 e. The van der Waals surface area contributed by atoms with Crippen LogP contribution >= 0.6 is 0 Å². The molecule has 8 nitrogen and oxygen atoms in total. The Morgan fingerprint density at radius 1 is 1.06 bits per heavy atom. The molecular formula is C28H36N2O6. The SMILES string of the molecule is CCCCCOc1ccc(/C(O)=C2/C(=O)C(=O)N(CCCN(C)C)C2c2ccc(OC)c(O)c2)cc1. The molecule has 1 atom stereocenters. The van der Waals surface area contributed by atoms with E-state index in [1.54, 1.807) is 36.4 Å². The predicted molar refractivity (Wildman–Crippen MR) is 138 cm³/mol. The molecule has 1 heterocycles. The number of likely N-dealkylation sites (tertiary alicyclic amines) is 1. The second-order valence-corrected chi connectivity index (χ2v) is 9.16. The monoisotopic (exact) mass is 496 g/mol. The van der Waals surface area contributed by atoms with Gasteiger partial charge in [0.25, 0.3) is 11.7 Å².